The number of nitriles is 1. The Bertz CT molecular complexity index is 1060. The molecular formula is C20H21N7O. The quantitative estimate of drug-likeness (QED) is 0.747. The number of hydrogen-bond donors (Lipinski definition) is 1. The highest BCUT2D eigenvalue weighted by atomic mass is 16.5. The molecule has 2 N–H and O–H groups in total. The molecule has 8 heteroatoms. The summed E-state index contributed by atoms with van der Waals surface area (Å²) in [5.41, 5.74) is 8.41. The minimum atomic E-state index is 0.297. The first-order valence-electron chi connectivity index (χ1n) is 9.10. The van der Waals surface area contributed by atoms with Crippen molar-refractivity contribution in [3.63, 3.8) is 0 Å². The van der Waals surface area contributed by atoms with Crippen molar-refractivity contribution in [2.24, 2.45) is 7.05 Å². The molecule has 0 radical (unpaired) electrons. The molecule has 0 spiro atoms. The van der Waals surface area contributed by atoms with Gasteiger partial charge in [-0.3, -0.25) is 0 Å². The Kier molecular flexibility index (Phi) is 4.57. The predicted molar refractivity (Wildman–Crippen MR) is 107 cm³/mol. The van der Waals surface area contributed by atoms with E-state index in [1.807, 2.05) is 23.9 Å². The van der Waals surface area contributed by atoms with Crippen molar-refractivity contribution >= 4 is 11.5 Å². The van der Waals surface area contributed by atoms with Gasteiger partial charge in [0, 0.05) is 44.7 Å². The number of rotatable bonds is 4. The number of pyridine rings is 2. The first-order valence-corrected chi connectivity index (χ1v) is 9.10. The van der Waals surface area contributed by atoms with Gasteiger partial charge < -0.3 is 19.9 Å². The highest BCUT2D eigenvalue weighted by Gasteiger charge is 2.20. The van der Waals surface area contributed by atoms with Crippen molar-refractivity contribution in [3.05, 3.63) is 36.2 Å². The molecule has 0 bridgehead atoms. The van der Waals surface area contributed by atoms with Crippen LogP contribution in [0.4, 0.5) is 11.5 Å². The third kappa shape index (κ3) is 3.11. The molecule has 3 aromatic heterocycles. The van der Waals surface area contributed by atoms with Gasteiger partial charge >= 0.3 is 0 Å². The van der Waals surface area contributed by atoms with Gasteiger partial charge in [0.05, 0.1) is 18.5 Å². The maximum Gasteiger partial charge on any atom is 0.158 e. The molecule has 0 amide bonds. The van der Waals surface area contributed by atoms with Crippen molar-refractivity contribution in [1.29, 1.82) is 5.26 Å². The molecule has 0 atom stereocenters. The second kappa shape index (κ2) is 7.19. The van der Waals surface area contributed by atoms with Gasteiger partial charge in [-0.1, -0.05) is 0 Å². The van der Waals surface area contributed by atoms with E-state index in [1.54, 1.807) is 25.4 Å². The van der Waals surface area contributed by atoms with Gasteiger partial charge in [-0.15, -0.1) is 0 Å². The summed E-state index contributed by atoms with van der Waals surface area (Å²) in [5, 5.41) is 9.68. The number of aromatic nitrogens is 4. The van der Waals surface area contributed by atoms with E-state index in [-0.39, 0.29) is 0 Å². The van der Waals surface area contributed by atoms with Gasteiger partial charge in [-0.25, -0.2) is 15.0 Å². The lowest BCUT2D eigenvalue weighted by molar-refractivity contribution is 0.414. The molecule has 0 aliphatic carbocycles. The van der Waals surface area contributed by atoms with Crippen LogP contribution in [0.2, 0.25) is 0 Å². The topological polar surface area (TPSA) is 106 Å². The largest absolute Gasteiger partial charge is 0.497 e. The number of anilines is 2. The zero-order chi connectivity index (χ0) is 19.7. The molecule has 8 nitrogen and oxygen atoms in total. The lowest BCUT2D eigenvalue weighted by atomic mass is 10.1. The van der Waals surface area contributed by atoms with E-state index < -0.39 is 0 Å². The molecule has 0 saturated carbocycles. The van der Waals surface area contributed by atoms with Crippen molar-refractivity contribution in [2.45, 2.75) is 12.8 Å². The van der Waals surface area contributed by atoms with E-state index >= 15 is 0 Å². The Morgan fingerprint density at radius 3 is 2.57 bits per heavy atom. The minimum Gasteiger partial charge on any atom is -0.497 e. The van der Waals surface area contributed by atoms with Crippen molar-refractivity contribution in [3.8, 4) is 34.7 Å². The Morgan fingerprint density at radius 2 is 1.93 bits per heavy atom. The van der Waals surface area contributed by atoms with Crippen LogP contribution in [0.15, 0.2) is 30.6 Å². The average Bonchev–Trinajstić information content (AvgIpc) is 3.38. The molecule has 3 aromatic rings. The standard InChI is InChI=1S/C20H21N7O/c1-26-8-5-23-20(26)17-11-15(22)14(12-21)19(25-17)16-9-13(28-2)10-18(24-16)27-6-3-4-7-27/h5,8-11H,3-4,6-7H2,1-2H3,(H2,22,25). The maximum atomic E-state index is 9.68. The highest BCUT2D eigenvalue weighted by molar-refractivity contribution is 5.77. The molecule has 142 valence electrons. The van der Waals surface area contributed by atoms with Crippen LogP contribution in [-0.2, 0) is 7.05 Å². The summed E-state index contributed by atoms with van der Waals surface area (Å²) in [6, 6.07) is 7.53. The van der Waals surface area contributed by atoms with Crippen molar-refractivity contribution in [2.75, 3.05) is 30.8 Å². The van der Waals surface area contributed by atoms with E-state index in [9.17, 15) is 5.26 Å². The van der Waals surface area contributed by atoms with Gasteiger partial charge in [-0.2, -0.15) is 5.26 Å². The van der Waals surface area contributed by atoms with Gasteiger partial charge in [0.1, 0.15) is 34.6 Å². The van der Waals surface area contributed by atoms with Crippen LogP contribution in [0.1, 0.15) is 18.4 Å². The molecule has 1 fully saturated rings. The Balaban J connectivity index is 1.90. The van der Waals surface area contributed by atoms with Gasteiger partial charge in [0.15, 0.2) is 5.82 Å². The molecule has 0 unspecified atom stereocenters. The molecule has 28 heavy (non-hydrogen) atoms. The van der Waals surface area contributed by atoms with Crippen LogP contribution in [0.5, 0.6) is 5.75 Å². The van der Waals surface area contributed by atoms with Crippen LogP contribution in [0, 0.1) is 11.3 Å². The summed E-state index contributed by atoms with van der Waals surface area (Å²) in [4.78, 5) is 16.0. The van der Waals surface area contributed by atoms with E-state index in [0.717, 1.165) is 31.7 Å². The lowest BCUT2D eigenvalue weighted by Gasteiger charge is -2.18. The molecule has 4 heterocycles. The van der Waals surface area contributed by atoms with Crippen molar-refractivity contribution < 1.29 is 4.74 Å². The van der Waals surface area contributed by atoms with Gasteiger partial charge in [-0.05, 0) is 18.9 Å². The molecule has 1 saturated heterocycles. The third-order valence-corrected chi connectivity index (χ3v) is 4.91. The monoisotopic (exact) mass is 375 g/mol. The number of nitrogens with zero attached hydrogens (tertiary/aromatic N) is 6. The number of hydrogen-bond acceptors (Lipinski definition) is 7. The Hall–Kier alpha value is -3.60. The van der Waals surface area contributed by atoms with E-state index in [0.29, 0.717) is 39.9 Å². The third-order valence-electron chi connectivity index (χ3n) is 4.91. The smallest absolute Gasteiger partial charge is 0.158 e. The normalized spacial score (nSPS) is 13.5. The number of nitrogen functional groups attached to an aromatic ring is 1. The summed E-state index contributed by atoms with van der Waals surface area (Å²) in [7, 11) is 3.50. The van der Waals surface area contributed by atoms with Crippen LogP contribution in [0.3, 0.4) is 0 Å². The minimum absolute atomic E-state index is 0.297. The SMILES string of the molecule is COc1cc(-c2nc(-c3nccn3C)cc(N)c2C#N)nc(N2CCCC2)c1. The number of methoxy groups -OCH3 is 1. The summed E-state index contributed by atoms with van der Waals surface area (Å²) in [6.07, 6.45) is 5.80. The Labute approximate surface area is 163 Å². The van der Waals surface area contributed by atoms with E-state index in [2.05, 4.69) is 16.0 Å². The molecule has 1 aliphatic rings. The molecular weight excluding hydrogens is 354 g/mol. The number of ether oxygens (including phenoxy) is 1. The lowest BCUT2D eigenvalue weighted by Crippen LogP contribution is -2.19. The first-order chi connectivity index (χ1) is 13.6. The zero-order valence-electron chi connectivity index (χ0n) is 15.9. The highest BCUT2D eigenvalue weighted by Crippen LogP contribution is 2.33. The fourth-order valence-corrected chi connectivity index (χ4v) is 3.43. The van der Waals surface area contributed by atoms with Crippen LogP contribution in [0.25, 0.3) is 22.9 Å². The van der Waals surface area contributed by atoms with Crippen LogP contribution < -0.4 is 15.4 Å². The molecule has 4 rings (SSSR count). The fraction of sp³-hybridized carbons (Fsp3) is 0.300. The zero-order valence-corrected chi connectivity index (χ0v) is 15.9. The summed E-state index contributed by atoms with van der Waals surface area (Å²) in [5.74, 6) is 2.15. The number of nitrogens with two attached hydrogens (primary N) is 1. The summed E-state index contributed by atoms with van der Waals surface area (Å²) in [6.45, 7) is 1.90. The van der Waals surface area contributed by atoms with E-state index in [1.165, 1.54) is 0 Å². The molecule has 1 aliphatic heterocycles. The summed E-state index contributed by atoms with van der Waals surface area (Å²) >= 11 is 0. The second-order valence-corrected chi connectivity index (χ2v) is 6.74. The van der Waals surface area contributed by atoms with Gasteiger partial charge in [0.25, 0.3) is 0 Å². The number of imidazole rings is 1. The van der Waals surface area contributed by atoms with Crippen molar-refractivity contribution in [1.82, 2.24) is 19.5 Å². The van der Waals surface area contributed by atoms with Crippen LogP contribution >= 0.6 is 0 Å². The molecule has 0 aromatic carbocycles. The summed E-state index contributed by atoms with van der Waals surface area (Å²) < 4.78 is 7.33. The average molecular weight is 375 g/mol. The Morgan fingerprint density at radius 1 is 1.14 bits per heavy atom. The fourth-order valence-electron chi connectivity index (χ4n) is 3.43. The first kappa shape index (κ1) is 17.8. The van der Waals surface area contributed by atoms with E-state index in [4.69, 9.17) is 20.4 Å². The predicted octanol–water partition coefficient (Wildman–Crippen LogP) is 2.61. The number of aryl methyl sites for hydroxylation is 1. The van der Waals surface area contributed by atoms with Crippen LogP contribution in [-0.4, -0.2) is 39.7 Å². The van der Waals surface area contributed by atoms with Gasteiger partial charge in [0.2, 0.25) is 0 Å². The second-order valence-electron chi connectivity index (χ2n) is 6.74. The maximum absolute atomic E-state index is 9.68.